The quantitative estimate of drug-likeness (QED) is 0.487. The Hall–Kier alpha value is -0.680. The molecule has 3 aliphatic rings. The largest absolute Gasteiger partial charge is 0.362 e. The van der Waals surface area contributed by atoms with E-state index in [1.165, 1.54) is 16.9 Å². The molecule has 2 heterocycles. The van der Waals surface area contributed by atoms with E-state index in [1.54, 1.807) is 12.5 Å². The van der Waals surface area contributed by atoms with Crippen molar-refractivity contribution in [2.75, 3.05) is 12.4 Å². The Morgan fingerprint density at radius 3 is 2.30 bits per heavy atom. The van der Waals surface area contributed by atoms with Gasteiger partial charge in [-0.05, 0) is 56.1 Å². The summed E-state index contributed by atoms with van der Waals surface area (Å²) in [6, 6.07) is 8.11. The molecule has 1 N–H and O–H groups in total. The number of fused-ring (bicyclic) bond motifs is 8. The van der Waals surface area contributed by atoms with E-state index in [9.17, 15) is 5.11 Å². The third-order valence-electron chi connectivity index (χ3n) is 5.65. The van der Waals surface area contributed by atoms with Crippen LogP contribution in [0.1, 0.15) is 58.9 Å². The van der Waals surface area contributed by atoms with Crippen molar-refractivity contribution in [3.8, 4) is 0 Å². The molecule has 1 aliphatic carbocycles. The third-order valence-corrected chi connectivity index (χ3v) is 8.04. The van der Waals surface area contributed by atoms with Gasteiger partial charge in [0.2, 0.25) is 0 Å². The molecule has 1 unspecified atom stereocenters. The summed E-state index contributed by atoms with van der Waals surface area (Å²) in [5.41, 5.74) is 4.10. The molecule has 1 aromatic carbocycles. The summed E-state index contributed by atoms with van der Waals surface area (Å²) in [4.78, 5) is 1.22. The molecule has 0 saturated heterocycles. The number of hydrogen-bond acceptors (Lipinski definition) is 4. The SMILES string of the molecule is CC1(O)OCCC2=CC=C(CCSSc3ccc1cc3)C[C@H](C(C)(C)C)C2. The second-order valence-electron chi connectivity index (χ2n) is 8.88. The van der Waals surface area contributed by atoms with Gasteiger partial charge < -0.3 is 9.84 Å². The van der Waals surface area contributed by atoms with Gasteiger partial charge >= 0.3 is 0 Å². The van der Waals surface area contributed by atoms with E-state index in [0.717, 1.165) is 30.6 Å². The number of aliphatic hydroxyl groups is 1. The summed E-state index contributed by atoms with van der Waals surface area (Å²) in [5.74, 6) is 0.525. The average Bonchev–Trinajstić information content (AvgIpc) is 2.81. The standard InChI is InChI=1S/C23H32O2S2/c1-22(2,3)20-15-17-5-6-18(16-20)12-14-26-27-21-9-7-19(8-10-21)23(4,24)25-13-11-17/h5-10,20,24H,11-16H2,1-4H3/t20-,23?/m1/s1. The van der Waals surface area contributed by atoms with Gasteiger partial charge in [0.05, 0.1) is 6.61 Å². The van der Waals surface area contributed by atoms with E-state index in [2.05, 4.69) is 45.1 Å². The predicted octanol–water partition coefficient (Wildman–Crippen LogP) is 6.71. The lowest BCUT2D eigenvalue weighted by molar-refractivity contribution is -0.198. The molecule has 0 radical (unpaired) electrons. The summed E-state index contributed by atoms with van der Waals surface area (Å²) in [7, 11) is 3.72. The van der Waals surface area contributed by atoms with Crippen molar-refractivity contribution in [2.45, 2.75) is 64.1 Å². The van der Waals surface area contributed by atoms with Gasteiger partial charge in [0, 0.05) is 16.2 Å². The molecule has 1 aromatic rings. The van der Waals surface area contributed by atoms with Crippen LogP contribution in [0.3, 0.4) is 0 Å². The zero-order chi connectivity index (χ0) is 19.5. The van der Waals surface area contributed by atoms with E-state index in [0.29, 0.717) is 17.9 Å². The van der Waals surface area contributed by atoms with Gasteiger partial charge in [0.15, 0.2) is 5.79 Å². The van der Waals surface area contributed by atoms with Gasteiger partial charge in [-0.2, -0.15) is 0 Å². The average molecular weight is 405 g/mol. The number of rotatable bonds is 0. The van der Waals surface area contributed by atoms with Gasteiger partial charge in [-0.3, -0.25) is 0 Å². The second-order valence-corrected chi connectivity index (χ2v) is 11.4. The lowest BCUT2D eigenvalue weighted by Gasteiger charge is -2.32. The summed E-state index contributed by atoms with van der Waals surface area (Å²) < 4.78 is 5.90. The van der Waals surface area contributed by atoms with E-state index >= 15 is 0 Å². The first kappa shape index (κ1) is 21.0. The molecule has 2 atom stereocenters. The molecule has 4 rings (SSSR count). The van der Waals surface area contributed by atoms with Crippen molar-refractivity contribution in [3.63, 3.8) is 0 Å². The van der Waals surface area contributed by atoms with Gasteiger partial charge in [-0.25, -0.2) is 0 Å². The zero-order valence-electron chi connectivity index (χ0n) is 17.0. The molecule has 27 heavy (non-hydrogen) atoms. The molecule has 4 bridgehead atoms. The Bertz CT molecular complexity index is 696. The number of allylic oxidation sites excluding steroid dienone is 3. The minimum Gasteiger partial charge on any atom is -0.362 e. The van der Waals surface area contributed by atoms with Crippen LogP contribution in [0.15, 0.2) is 52.5 Å². The topological polar surface area (TPSA) is 29.5 Å². The van der Waals surface area contributed by atoms with Crippen LogP contribution < -0.4 is 0 Å². The monoisotopic (exact) mass is 404 g/mol. The molecule has 0 amide bonds. The van der Waals surface area contributed by atoms with Crippen molar-refractivity contribution < 1.29 is 9.84 Å². The van der Waals surface area contributed by atoms with Crippen LogP contribution in [0.25, 0.3) is 0 Å². The highest BCUT2D eigenvalue weighted by Gasteiger charge is 2.28. The fourth-order valence-corrected chi connectivity index (χ4v) is 5.68. The van der Waals surface area contributed by atoms with Crippen LogP contribution in [-0.4, -0.2) is 17.5 Å². The first-order chi connectivity index (χ1) is 12.7. The molecular weight excluding hydrogens is 372 g/mol. The zero-order valence-corrected chi connectivity index (χ0v) is 18.6. The van der Waals surface area contributed by atoms with Gasteiger partial charge in [-0.15, -0.1) is 0 Å². The Morgan fingerprint density at radius 2 is 1.67 bits per heavy atom. The summed E-state index contributed by atoms with van der Waals surface area (Å²) in [6.07, 6.45) is 8.99. The summed E-state index contributed by atoms with van der Waals surface area (Å²) in [5, 5.41) is 10.8. The minimum absolute atomic E-state index is 0.290. The maximum Gasteiger partial charge on any atom is 0.189 e. The van der Waals surface area contributed by atoms with Gasteiger partial charge in [-0.1, -0.05) is 77.8 Å². The third kappa shape index (κ3) is 5.90. The number of ether oxygens (including phenoxy) is 1. The van der Waals surface area contributed by atoms with Crippen LogP contribution in [0, 0.1) is 11.3 Å². The molecule has 148 valence electrons. The minimum atomic E-state index is -1.25. The molecule has 0 saturated carbocycles. The van der Waals surface area contributed by atoms with Crippen molar-refractivity contribution in [3.05, 3.63) is 53.1 Å². The highest BCUT2D eigenvalue weighted by Crippen LogP contribution is 2.40. The van der Waals surface area contributed by atoms with Crippen LogP contribution in [0.5, 0.6) is 0 Å². The van der Waals surface area contributed by atoms with E-state index in [4.69, 9.17) is 4.74 Å². The highest BCUT2D eigenvalue weighted by atomic mass is 33.1. The van der Waals surface area contributed by atoms with Crippen LogP contribution >= 0.6 is 21.6 Å². The first-order valence-corrected chi connectivity index (χ1v) is 12.2. The molecule has 2 nitrogen and oxygen atoms in total. The lowest BCUT2D eigenvalue weighted by atomic mass is 9.74. The molecule has 0 aromatic heterocycles. The van der Waals surface area contributed by atoms with Crippen LogP contribution in [-0.2, 0) is 10.5 Å². The molecule has 0 fully saturated rings. The summed E-state index contributed by atoms with van der Waals surface area (Å²) >= 11 is 0. The normalized spacial score (nSPS) is 27.8. The Kier molecular flexibility index (Phi) is 6.83. The molecular formula is C23H32O2S2. The lowest BCUT2D eigenvalue weighted by Crippen LogP contribution is -2.26. The number of benzene rings is 1. The van der Waals surface area contributed by atoms with E-state index in [-0.39, 0.29) is 0 Å². The second kappa shape index (κ2) is 8.77. The summed E-state index contributed by atoms with van der Waals surface area (Å²) in [6.45, 7) is 9.34. The molecule has 2 aliphatic heterocycles. The van der Waals surface area contributed by atoms with Crippen LogP contribution in [0.4, 0.5) is 0 Å². The van der Waals surface area contributed by atoms with E-state index < -0.39 is 5.79 Å². The number of hydrogen-bond donors (Lipinski definition) is 1. The Labute approximate surface area is 172 Å². The van der Waals surface area contributed by atoms with Gasteiger partial charge in [0.25, 0.3) is 0 Å². The maximum atomic E-state index is 10.8. The first-order valence-electron chi connectivity index (χ1n) is 9.88. The van der Waals surface area contributed by atoms with Crippen molar-refractivity contribution in [1.82, 2.24) is 0 Å². The molecule has 0 spiro atoms. The Balaban J connectivity index is 1.81. The smallest absolute Gasteiger partial charge is 0.189 e. The van der Waals surface area contributed by atoms with Crippen LogP contribution in [0.2, 0.25) is 0 Å². The van der Waals surface area contributed by atoms with Crippen molar-refractivity contribution >= 4 is 21.6 Å². The van der Waals surface area contributed by atoms with Gasteiger partial charge in [0.1, 0.15) is 0 Å². The van der Waals surface area contributed by atoms with Crippen molar-refractivity contribution in [1.29, 1.82) is 0 Å². The van der Waals surface area contributed by atoms with E-state index in [1.807, 2.05) is 33.7 Å². The maximum absolute atomic E-state index is 10.8. The fraction of sp³-hybridized carbons (Fsp3) is 0.565. The molecule has 4 heteroatoms. The Morgan fingerprint density at radius 1 is 1.04 bits per heavy atom. The predicted molar refractivity (Wildman–Crippen MR) is 118 cm³/mol. The van der Waals surface area contributed by atoms with Crippen molar-refractivity contribution in [2.24, 2.45) is 11.3 Å². The highest BCUT2D eigenvalue weighted by molar-refractivity contribution is 8.76. The fourth-order valence-electron chi connectivity index (χ4n) is 3.63.